The van der Waals surface area contributed by atoms with Gasteiger partial charge in [-0.2, -0.15) is 0 Å². The van der Waals surface area contributed by atoms with Gasteiger partial charge in [0, 0.05) is 13.1 Å². The Kier molecular flexibility index (Phi) is 3.65. The van der Waals surface area contributed by atoms with Crippen LogP contribution in [0.1, 0.15) is 37.5 Å². The van der Waals surface area contributed by atoms with Crippen molar-refractivity contribution in [3.05, 3.63) is 65.4 Å². The van der Waals surface area contributed by atoms with E-state index in [1.165, 1.54) is 60.9 Å². The zero-order valence-electron chi connectivity index (χ0n) is 18.5. The minimum atomic E-state index is 0.109. The molecule has 0 aliphatic carbocycles. The van der Waals surface area contributed by atoms with Crippen LogP contribution in [0.3, 0.4) is 0 Å². The highest BCUT2D eigenvalue weighted by molar-refractivity contribution is 6.14. The van der Waals surface area contributed by atoms with Crippen LogP contribution in [0.4, 0.5) is 11.4 Å². The summed E-state index contributed by atoms with van der Waals surface area (Å²) in [5.41, 5.74) is 9.55. The Labute approximate surface area is 173 Å². The number of rotatable bonds is 0. The van der Waals surface area contributed by atoms with Crippen LogP contribution in [-0.2, 0) is 12.5 Å². The molecule has 2 nitrogen and oxygen atoms in total. The lowest BCUT2D eigenvalue weighted by atomic mass is 9.82. The lowest BCUT2D eigenvalue weighted by Crippen LogP contribution is -2.34. The first kappa shape index (κ1) is 18.2. The Balaban J connectivity index is 2.02. The number of hydrogen-bond acceptors (Lipinski definition) is 1. The number of aryl methyl sites for hydroxylation is 3. The smallest absolute Gasteiger partial charge is 0.224 e. The molecule has 0 bridgehead atoms. The zero-order chi connectivity index (χ0) is 20.7. The largest absolute Gasteiger partial charge is 0.343 e. The second-order valence-electron chi connectivity index (χ2n) is 9.56. The molecule has 1 aliphatic heterocycles. The van der Waals surface area contributed by atoms with Crippen LogP contribution in [-0.4, -0.2) is 7.05 Å². The van der Waals surface area contributed by atoms with Crippen LogP contribution in [0.25, 0.3) is 32.8 Å². The molecule has 4 aromatic rings. The summed E-state index contributed by atoms with van der Waals surface area (Å²) in [5.74, 6) is 0. The van der Waals surface area contributed by atoms with Crippen molar-refractivity contribution in [1.82, 2.24) is 0 Å². The number of fused-ring (bicyclic) bond motifs is 3. The summed E-state index contributed by atoms with van der Waals surface area (Å²) in [6, 6.07) is 15.9. The molecule has 1 aromatic heterocycles. The Bertz CT molecular complexity index is 1320. The Morgan fingerprint density at radius 2 is 1.55 bits per heavy atom. The van der Waals surface area contributed by atoms with Gasteiger partial charge in [-0.3, -0.25) is 0 Å². The predicted molar refractivity (Wildman–Crippen MR) is 124 cm³/mol. The Hall–Kier alpha value is -2.87. The third-order valence-corrected chi connectivity index (χ3v) is 6.72. The summed E-state index contributed by atoms with van der Waals surface area (Å²) < 4.78 is 2.30. The van der Waals surface area contributed by atoms with Crippen LogP contribution >= 0.6 is 0 Å². The van der Waals surface area contributed by atoms with Gasteiger partial charge in [-0.25, -0.2) is 4.57 Å². The van der Waals surface area contributed by atoms with Crippen molar-refractivity contribution in [2.75, 3.05) is 11.9 Å². The van der Waals surface area contributed by atoms with Crippen molar-refractivity contribution in [3.8, 4) is 11.3 Å². The first-order chi connectivity index (χ1) is 13.7. The molecule has 0 unspecified atom stereocenters. The van der Waals surface area contributed by atoms with Crippen LogP contribution in [0.15, 0.2) is 48.7 Å². The summed E-state index contributed by atoms with van der Waals surface area (Å²) >= 11 is 0. The van der Waals surface area contributed by atoms with Crippen molar-refractivity contribution in [2.45, 2.75) is 40.0 Å². The van der Waals surface area contributed by atoms with Crippen LogP contribution in [0.5, 0.6) is 0 Å². The quantitative estimate of drug-likeness (QED) is 0.316. The average molecular weight is 382 g/mol. The van der Waals surface area contributed by atoms with Gasteiger partial charge in [0.25, 0.3) is 0 Å². The molecule has 0 N–H and O–H groups in total. The zero-order valence-corrected chi connectivity index (χ0v) is 18.5. The second-order valence-corrected chi connectivity index (χ2v) is 9.56. The summed E-state index contributed by atoms with van der Waals surface area (Å²) in [6.07, 6.45) is 2.22. The van der Waals surface area contributed by atoms with Crippen LogP contribution < -0.4 is 9.47 Å². The molecule has 3 aromatic carbocycles. The van der Waals surface area contributed by atoms with E-state index in [-0.39, 0.29) is 5.41 Å². The first-order valence-corrected chi connectivity index (χ1v) is 10.4. The average Bonchev–Trinajstić information content (AvgIpc) is 2.69. The van der Waals surface area contributed by atoms with Crippen molar-refractivity contribution >= 4 is 32.9 Å². The molecule has 146 valence electrons. The minimum absolute atomic E-state index is 0.109. The van der Waals surface area contributed by atoms with Crippen LogP contribution in [0, 0.1) is 13.8 Å². The topological polar surface area (TPSA) is 7.12 Å². The van der Waals surface area contributed by atoms with E-state index in [0.29, 0.717) is 0 Å². The standard InChI is InChI=1S/C27H29N2/c1-16-20-10-8-9-11-21(20)17(2)25-23(16)26-24-18(12-13-28(26)6)14-19(27(3,4)5)15-22(24)29(25)7/h8-15H,1-7H3/q+1. The van der Waals surface area contributed by atoms with E-state index in [9.17, 15) is 0 Å². The summed E-state index contributed by atoms with van der Waals surface area (Å²) in [7, 11) is 4.41. The van der Waals surface area contributed by atoms with Gasteiger partial charge < -0.3 is 4.90 Å². The molecule has 0 radical (unpaired) electrons. The fourth-order valence-corrected chi connectivity index (χ4v) is 5.07. The fraction of sp³-hybridized carbons (Fsp3) is 0.296. The normalized spacial score (nSPS) is 13.3. The maximum absolute atomic E-state index is 2.43. The highest BCUT2D eigenvalue weighted by atomic mass is 15.1. The predicted octanol–water partition coefficient (Wildman–Crippen LogP) is 6.48. The monoisotopic (exact) mass is 381 g/mol. The van der Waals surface area contributed by atoms with Crippen molar-refractivity contribution in [2.24, 2.45) is 7.05 Å². The number of aromatic nitrogens is 1. The van der Waals surface area contributed by atoms with Gasteiger partial charge in [-0.05, 0) is 64.2 Å². The lowest BCUT2D eigenvalue weighted by molar-refractivity contribution is -0.659. The molecule has 0 amide bonds. The van der Waals surface area contributed by atoms with Crippen molar-refractivity contribution in [3.63, 3.8) is 0 Å². The summed E-state index contributed by atoms with van der Waals surface area (Å²) in [4.78, 5) is 2.43. The first-order valence-electron chi connectivity index (χ1n) is 10.4. The maximum atomic E-state index is 2.43. The highest BCUT2D eigenvalue weighted by Crippen LogP contribution is 2.51. The molecule has 2 heteroatoms. The third-order valence-electron chi connectivity index (χ3n) is 6.72. The number of hydrogen-bond donors (Lipinski definition) is 0. The molecule has 0 saturated carbocycles. The van der Waals surface area contributed by atoms with E-state index in [2.05, 4.69) is 107 Å². The van der Waals surface area contributed by atoms with E-state index in [1.807, 2.05) is 0 Å². The SMILES string of the molecule is Cc1c2c(c(C)c3ccccc13)N(C)c1cc(C(C)(C)C)cc3cc[n+](C)c-2c13. The van der Waals surface area contributed by atoms with Gasteiger partial charge in [0.15, 0.2) is 6.20 Å². The summed E-state index contributed by atoms with van der Waals surface area (Å²) in [5, 5.41) is 5.38. The molecular weight excluding hydrogens is 352 g/mol. The second kappa shape index (κ2) is 5.82. The molecule has 0 saturated heterocycles. The van der Waals surface area contributed by atoms with Crippen LogP contribution in [0.2, 0.25) is 0 Å². The molecule has 0 spiro atoms. The number of benzene rings is 3. The molecule has 1 aliphatic rings. The van der Waals surface area contributed by atoms with E-state index in [0.717, 1.165) is 0 Å². The van der Waals surface area contributed by atoms with Gasteiger partial charge in [0.1, 0.15) is 7.05 Å². The van der Waals surface area contributed by atoms with Gasteiger partial charge in [-0.15, -0.1) is 0 Å². The van der Waals surface area contributed by atoms with Crippen molar-refractivity contribution in [1.29, 1.82) is 0 Å². The van der Waals surface area contributed by atoms with Gasteiger partial charge in [0.05, 0.1) is 22.3 Å². The Morgan fingerprint density at radius 1 is 0.897 bits per heavy atom. The van der Waals surface area contributed by atoms with Gasteiger partial charge >= 0.3 is 0 Å². The van der Waals surface area contributed by atoms with Gasteiger partial charge in [0.2, 0.25) is 5.69 Å². The van der Waals surface area contributed by atoms with E-state index in [1.54, 1.807) is 0 Å². The third kappa shape index (κ3) is 2.38. The minimum Gasteiger partial charge on any atom is -0.343 e. The van der Waals surface area contributed by atoms with E-state index >= 15 is 0 Å². The maximum Gasteiger partial charge on any atom is 0.224 e. The molecule has 0 atom stereocenters. The van der Waals surface area contributed by atoms with E-state index < -0.39 is 0 Å². The molecule has 5 rings (SSSR count). The van der Waals surface area contributed by atoms with Crippen molar-refractivity contribution < 1.29 is 4.57 Å². The number of pyridine rings is 1. The lowest BCUT2D eigenvalue weighted by Gasteiger charge is -2.33. The number of nitrogens with zero attached hydrogens (tertiary/aromatic N) is 2. The Morgan fingerprint density at radius 3 is 2.21 bits per heavy atom. The molecule has 2 heterocycles. The highest BCUT2D eigenvalue weighted by Gasteiger charge is 2.33. The van der Waals surface area contributed by atoms with Gasteiger partial charge in [-0.1, -0.05) is 45.0 Å². The fourth-order valence-electron chi connectivity index (χ4n) is 5.07. The summed E-state index contributed by atoms with van der Waals surface area (Å²) in [6.45, 7) is 11.4. The molecular formula is C27H29N2+. The molecule has 0 fully saturated rings. The molecule has 29 heavy (non-hydrogen) atoms. The van der Waals surface area contributed by atoms with E-state index in [4.69, 9.17) is 0 Å². The number of anilines is 2.